The second-order valence-electron chi connectivity index (χ2n) is 4.97. The fourth-order valence-corrected chi connectivity index (χ4v) is 2.43. The number of benzene rings is 3. The fourth-order valence-electron chi connectivity index (χ4n) is 2.43. The highest BCUT2D eigenvalue weighted by Gasteiger charge is 2.11. The smallest absolute Gasteiger partial charge is 0.132 e. The summed E-state index contributed by atoms with van der Waals surface area (Å²) in [4.78, 5) is 0. The molecule has 2 N–H and O–H groups in total. The zero-order valence-electron chi connectivity index (χ0n) is 12.2. The first kappa shape index (κ1) is 15.0. The van der Waals surface area contributed by atoms with Crippen molar-refractivity contribution in [3.05, 3.63) is 77.4 Å². The number of fused-ring (bicyclic) bond motifs is 1. The number of rotatable bonds is 4. The number of hydrogen-bond donors (Lipinski definition) is 1. The van der Waals surface area contributed by atoms with Gasteiger partial charge < -0.3 is 10.6 Å². The van der Waals surface area contributed by atoms with Crippen LogP contribution in [0.15, 0.2) is 59.7 Å². The Balaban J connectivity index is 1.97. The van der Waals surface area contributed by atoms with Crippen molar-refractivity contribution < 1.29 is 13.5 Å². The van der Waals surface area contributed by atoms with Gasteiger partial charge in [0, 0.05) is 10.9 Å². The van der Waals surface area contributed by atoms with E-state index >= 15 is 0 Å². The number of ether oxygens (including phenoxy) is 1. The summed E-state index contributed by atoms with van der Waals surface area (Å²) in [6, 6.07) is 14.8. The zero-order valence-corrected chi connectivity index (χ0v) is 12.2. The van der Waals surface area contributed by atoms with Crippen LogP contribution in [-0.2, 0) is 6.61 Å². The van der Waals surface area contributed by atoms with Crippen LogP contribution < -0.4 is 10.6 Å². The zero-order chi connectivity index (χ0) is 16.2. The molecular formula is C18H14F2N2O. The highest BCUT2D eigenvalue weighted by atomic mass is 19.1. The molecule has 3 nitrogen and oxygen atoms in total. The number of nitrogens with zero attached hydrogens (tertiary/aromatic N) is 1. The van der Waals surface area contributed by atoms with Gasteiger partial charge in [0.1, 0.15) is 24.0 Å². The van der Waals surface area contributed by atoms with E-state index < -0.39 is 11.6 Å². The van der Waals surface area contributed by atoms with Crippen LogP contribution in [0.25, 0.3) is 10.8 Å². The monoisotopic (exact) mass is 312 g/mol. The van der Waals surface area contributed by atoms with Gasteiger partial charge in [0.25, 0.3) is 0 Å². The van der Waals surface area contributed by atoms with E-state index in [1.54, 1.807) is 18.3 Å². The second-order valence-corrected chi connectivity index (χ2v) is 4.97. The maximum atomic E-state index is 13.7. The van der Waals surface area contributed by atoms with Gasteiger partial charge in [-0.25, -0.2) is 8.78 Å². The summed E-state index contributed by atoms with van der Waals surface area (Å²) in [7, 11) is 0. The van der Waals surface area contributed by atoms with Crippen molar-refractivity contribution >= 4 is 17.0 Å². The normalized spacial score (nSPS) is 11.2. The third-order valence-corrected chi connectivity index (χ3v) is 3.57. The lowest BCUT2D eigenvalue weighted by atomic mass is 10.0. The molecule has 23 heavy (non-hydrogen) atoms. The van der Waals surface area contributed by atoms with E-state index in [0.29, 0.717) is 5.75 Å². The van der Waals surface area contributed by atoms with E-state index in [0.717, 1.165) is 16.3 Å². The van der Waals surface area contributed by atoms with Gasteiger partial charge in [-0.2, -0.15) is 5.10 Å². The van der Waals surface area contributed by atoms with Crippen molar-refractivity contribution in [3.63, 3.8) is 0 Å². The van der Waals surface area contributed by atoms with E-state index in [1.165, 1.54) is 18.2 Å². The van der Waals surface area contributed by atoms with E-state index in [9.17, 15) is 8.78 Å². The van der Waals surface area contributed by atoms with Crippen molar-refractivity contribution in [2.75, 3.05) is 0 Å². The molecule has 116 valence electrons. The van der Waals surface area contributed by atoms with E-state index in [2.05, 4.69) is 5.10 Å². The van der Waals surface area contributed by atoms with Crippen LogP contribution in [0.4, 0.5) is 8.78 Å². The number of hydrogen-bond acceptors (Lipinski definition) is 3. The molecule has 0 saturated carbocycles. The molecule has 0 amide bonds. The van der Waals surface area contributed by atoms with Gasteiger partial charge in [0.2, 0.25) is 0 Å². The fraction of sp³-hybridized carbons (Fsp3) is 0.0556. The van der Waals surface area contributed by atoms with E-state index in [1.807, 2.05) is 24.3 Å². The molecule has 0 aromatic heterocycles. The van der Waals surface area contributed by atoms with Crippen LogP contribution in [0, 0.1) is 11.6 Å². The molecule has 3 rings (SSSR count). The minimum Gasteiger partial charge on any atom is -0.488 e. The van der Waals surface area contributed by atoms with Crippen LogP contribution in [0.5, 0.6) is 5.75 Å². The Kier molecular flexibility index (Phi) is 4.19. The van der Waals surface area contributed by atoms with Crippen LogP contribution in [-0.4, -0.2) is 6.21 Å². The Morgan fingerprint density at radius 1 is 0.913 bits per heavy atom. The summed E-state index contributed by atoms with van der Waals surface area (Å²) in [5.41, 5.74) is 0.747. The molecular weight excluding hydrogens is 298 g/mol. The van der Waals surface area contributed by atoms with Gasteiger partial charge in [-0.15, -0.1) is 0 Å². The summed E-state index contributed by atoms with van der Waals surface area (Å²) < 4.78 is 33.0. The molecule has 0 bridgehead atoms. The Morgan fingerprint density at radius 3 is 2.30 bits per heavy atom. The summed E-state index contributed by atoms with van der Waals surface area (Å²) >= 11 is 0. The molecule has 0 unspecified atom stereocenters. The lowest BCUT2D eigenvalue weighted by Gasteiger charge is -2.12. The van der Waals surface area contributed by atoms with Gasteiger partial charge in [-0.1, -0.05) is 30.3 Å². The van der Waals surface area contributed by atoms with Gasteiger partial charge >= 0.3 is 0 Å². The molecule has 0 atom stereocenters. The first-order chi connectivity index (χ1) is 11.2. The van der Waals surface area contributed by atoms with Crippen LogP contribution in [0.3, 0.4) is 0 Å². The number of hydrazone groups is 1. The lowest BCUT2D eigenvalue weighted by molar-refractivity contribution is 0.296. The highest BCUT2D eigenvalue weighted by molar-refractivity contribution is 6.02. The Hall–Kier alpha value is -2.95. The lowest BCUT2D eigenvalue weighted by Crippen LogP contribution is -2.02. The first-order valence-corrected chi connectivity index (χ1v) is 7.01. The molecule has 5 heteroatoms. The first-order valence-electron chi connectivity index (χ1n) is 7.01. The second kappa shape index (κ2) is 6.44. The molecule has 0 heterocycles. The standard InChI is InChI=1S/C18H14F2N2O/c19-16-6-3-7-17(20)15(16)11-23-18-9-8-12(10-22-21)13-4-1-2-5-14(13)18/h1-10H,11,21H2. The average Bonchev–Trinajstić information content (AvgIpc) is 2.56. The van der Waals surface area contributed by atoms with Crippen molar-refractivity contribution in [3.8, 4) is 5.75 Å². The highest BCUT2D eigenvalue weighted by Crippen LogP contribution is 2.29. The summed E-state index contributed by atoms with van der Waals surface area (Å²) in [6.45, 7) is -0.188. The molecule has 0 saturated heterocycles. The molecule has 0 spiro atoms. The predicted octanol–water partition coefficient (Wildman–Crippen LogP) is 3.99. The SMILES string of the molecule is NN=Cc1ccc(OCc2c(F)cccc2F)c2ccccc12. The molecule has 0 aliphatic heterocycles. The molecule has 0 aliphatic carbocycles. The van der Waals surface area contributed by atoms with Gasteiger partial charge in [-0.3, -0.25) is 0 Å². The molecule has 0 fully saturated rings. The van der Waals surface area contributed by atoms with Crippen molar-refractivity contribution in [2.24, 2.45) is 10.9 Å². The van der Waals surface area contributed by atoms with Gasteiger partial charge in [-0.05, 0) is 29.7 Å². The summed E-state index contributed by atoms with van der Waals surface area (Å²) in [5, 5.41) is 5.25. The number of nitrogens with two attached hydrogens (primary N) is 1. The molecule has 3 aromatic carbocycles. The largest absolute Gasteiger partial charge is 0.488 e. The molecule has 3 aromatic rings. The predicted molar refractivity (Wildman–Crippen MR) is 86.4 cm³/mol. The van der Waals surface area contributed by atoms with E-state index in [-0.39, 0.29) is 12.2 Å². The minimum atomic E-state index is -0.624. The quantitative estimate of drug-likeness (QED) is 0.450. The molecule has 0 aliphatic rings. The minimum absolute atomic E-state index is 0.0934. The Bertz CT molecular complexity index is 858. The van der Waals surface area contributed by atoms with Crippen LogP contribution in [0.1, 0.15) is 11.1 Å². The average molecular weight is 312 g/mol. The Morgan fingerprint density at radius 2 is 1.61 bits per heavy atom. The van der Waals surface area contributed by atoms with Gasteiger partial charge in [0.15, 0.2) is 0 Å². The van der Waals surface area contributed by atoms with Crippen molar-refractivity contribution in [1.82, 2.24) is 0 Å². The molecule has 0 radical (unpaired) electrons. The topological polar surface area (TPSA) is 47.6 Å². The van der Waals surface area contributed by atoms with Crippen molar-refractivity contribution in [1.29, 1.82) is 0 Å². The summed E-state index contributed by atoms with van der Waals surface area (Å²) in [6.07, 6.45) is 1.54. The maximum Gasteiger partial charge on any atom is 0.132 e. The number of halogens is 2. The van der Waals surface area contributed by atoms with E-state index in [4.69, 9.17) is 10.6 Å². The van der Waals surface area contributed by atoms with Crippen molar-refractivity contribution in [2.45, 2.75) is 6.61 Å². The Labute approximate surface area is 132 Å². The summed E-state index contributed by atoms with van der Waals surface area (Å²) in [5.74, 6) is 4.50. The van der Waals surface area contributed by atoms with Crippen LogP contribution >= 0.6 is 0 Å². The van der Waals surface area contributed by atoms with Crippen LogP contribution in [0.2, 0.25) is 0 Å². The van der Waals surface area contributed by atoms with Gasteiger partial charge in [0.05, 0.1) is 11.8 Å². The third-order valence-electron chi connectivity index (χ3n) is 3.57. The maximum absolute atomic E-state index is 13.7. The third kappa shape index (κ3) is 2.99.